The lowest BCUT2D eigenvalue weighted by molar-refractivity contribution is -0.120. The monoisotopic (exact) mass is 318 g/mol. The smallest absolute Gasteiger partial charge is 0.269 e. The number of nitrogens with one attached hydrogen (secondary N) is 2. The van der Waals surface area contributed by atoms with Crippen LogP contribution in [-0.2, 0) is 17.8 Å². The maximum Gasteiger partial charge on any atom is 0.269 e. The van der Waals surface area contributed by atoms with E-state index in [2.05, 4.69) is 15.7 Å². The van der Waals surface area contributed by atoms with Gasteiger partial charge in [0.15, 0.2) is 0 Å². The Morgan fingerprint density at radius 2 is 2.04 bits per heavy atom. The van der Waals surface area contributed by atoms with E-state index in [1.165, 1.54) is 0 Å². The zero-order chi connectivity index (χ0) is 16.8. The molecular weight excluding hydrogens is 296 g/mol. The summed E-state index contributed by atoms with van der Waals surface area (Å²) in [5.41, 5.74) is 1.24. The quantitative estimate of drug-likeness (QED) is 0.803. The van der Waals surface area contributed by atoms with Gasteiger partial charge in [-0.2, -0.15) is 5.10 Å². The van der Waals surface area contributed by atoms with Crippen molar-refractivity contribution in [2.75, 3.05) is 13.1 Å². The molecule has 7 heteroatoms. The molecular formula is C16H22N4O3. The Kier molecular flexibility index (Phi) is 5.56. The van der Waals surface area contributed by atoms with Crippen LogP contribution < -0.4 is 10.6 Å². The predicted molar refractivity (Wildman–Crippen MR) is 85.1 cm³/mol. The summed E-state index contributed by atoms with van der Waals surface area (Å²) >= 11 is 0. The van der Waals surface area contributed by atoms with E-state index < -0.39 is 0 Å². The molecule has 2 heterocycles. The van der Waals surface area contributed by atoms with Gasteiger partial charge < -0.3 is 15.1 Å². The minimum absolute atomic E-state index is 0.0655. The van der Waals surface area contributed by atoms with E-state index in [9.17, 15) is 9.59 Å². The predicted octanol–water partition coefficient (Wildman–Crippen LogP) is 1.20. The van der Waals surface area contributed by atoms with E-state index in [0.717, 1.165) is 17.2 Å². The van der Waals surface area contributed by atoms with Crippen LogP contribution in [0.4, 0.5) is 0 Å². The zero-order valence-corrected chi connectivity index (χ0v) is 13.7. The average molecular weight is 318 g/mol. The van der Waals surface area contributed by atoms with E-state index in [4.69, 9.17) is 4.42 Å². The first-order valence-corrected chi connectivity index (χ1v) is 7.64. The molecule has 0 unspecified atom stereocenters. The van der Waals surface area contributed by atoms with Crippen LogP contribution in [0.3, 0.4) is 0 Å². The van der Waals surface area contributed by atoms with E-state index in [1.807, 2.05) is 32.9 Å². The fourth-order valence-electron chi connectivity index (χ4n) is 2.23. The SMILES string of the molecule is CCn1nc(C)cc1C(=O)NCC(=O)NCCc1ccc(C)o1. The molecule has 0 aliphatic heterocycles. The van der Waals surface area contributed by atoms with Crippen molar-refractivity contribution in [1.29, 1.82) is 0 Å². The second-order valence-electron chi connectivity index (χ2n) is 5.28. The van der Waals surface area contributed by atoms with Crippen LogP contribution in [0, 0.1) is 13.8 Å². The summed E-state index contributed by atoms with van der Waals surface area (Å²) < 4.78 is 7.03. The summed E-state index contributed by atoms with van der Waals surface area (Å²) in [5.74, 6) is 1.14. The van der Waals surface area contributed by atoms with Gasteiger partial charge in [-0.15, -0.1) is 0 Å². The number of carbonyl (C=O) groups excluding carboxylic acids is 2. The highest BCUT2D eigenvalue weighted by Gasteiger charge is 2.13. The van der Waals surface area contributed by atoms with Gasteiger partial charge in [-0.25, -0.2) is 0 Å². The molecule has 2 amide bonds. The molecule has 0 radical (unpaired) electrons. The molecule has 0 bridgehead atoms. The maximum absolute atomic E-state index is 12.1. The van der Waals surface area contributed by atoms with Crippen molar-refractivity contribution in [3.63, 3.8) is 0 Å². The summed E-state index contributed by atoms with van der Waals surface area (Å²) in [4.78, 5) is 23.8. The van der Waals surface area contributed by atoms with Gasteiger partial charge in [-0.3, -0.25) is 14.3 Å². The number of hydrogen-bond donors (Lipinski definition) is 2. The number of aromatic nitrogens is 2. The van der Waals surface area contributed by atoms with Crippen molar-refractivity contribution >= 4 is 11.8 Å². The molecule has 0 aromatic carbocycles. The standard InChI is InChI=1S/C16H22N4O3/c1-4-20-14(9-11(2)19-20)16(22)18-10-15(21)17-8-7-13-6-5-12(3)23-13/h5-6,9H,4,7-8,10H2,1-3H3,(H,17,21)(H,18,22). The second kappa shape index (κ2) is 7.62. The van der Waals surface area contributed by atoms with Gasteiger partial charge in [0.05, 0.1) is 12.2 Å². The van der Waals surface area contributed by atoms with Crippen LogP contribution in [0.15, 0.2) is 22.6 Å². The Balaban J connectivity index is 1.74. The molecule has 2 N–H and O–H groups in total. The third-order valence-electron chi connectivity index (χ3n) is 3.33. The molecule has 0 saturated heterocycles. The molecule has 0 aliphatic rings. The lowest BCUT2D eigenvalue weighted by Gasteiger charge is -2.07. The minimum atomic E-state index is -0.302. The van der Waals surface area contributed by atoms with E-state index >= 15 is 0 Å². The highest BCUT2D eigenvalue weighted by Crippen LogP contribution is 2.06. The van der Waals surface area contributed by atoms with E-state index in [1.54, 1.807) is 10.7 Å². The third kappa shape index (κ3) is 4.70. The topological polar surface area (TPSA) is 89.2 Å². The molecule has 7 nitrogen and oxygen atoms in total. The highest BCUT2D eigenvalue weighted by atomic mass is 16.3. The van der Waals surface area contributed by atoms with Crippen molar-refractivity contribution in [2.24, 2.45) is 0 Å². The molecule has 2 rings (SSSR count). The fourth-order valence-corrected chi connectivity index (χ4v) is 2.23. The van der Waals surface area contributed by atoms with Crippen molar-refractivity contribution in [1.82, 2.24) is 20.4 Å². The van der Waals surface area contributed by atoms with Gasteiger partial charge in [0.25, 0.3) is 5.91 Å². The fraction of sp³-hybridized carbons (Fsp3) is 0.438. The molecule has 0 spiro atoms. The number of rotatable bonds is 7. The van der Waals surface area contributed by atoms with Gasteiger partial charge in [-0.1, -0.05) is 0 Å². The Bertz CT molecular complexity index is 687. The van der Waals surface area contributed by atoms with Crippen molar-refractivity contribution in [3.05, 3.63) is 41.1 Å². The summed E-state index contributed by atoms with van der Waals surface area (Å²) in [6, 6.07) is 5.48. The lowest BCUT2D eigenvalue weighted by Crippen LogP contribution is -2.38. The van der Waals surface area contributed by atoms with Crippen molar-refractivity contribution in [3.8, 4) is 0 Å². The van der Waals surface area contributed by atoms with E-state index in [-0.39, 0.29) is 18.4 Å². The first-order chi connectivity index (χ1) is 11.0. The normalized spacial score (nSPS) is 10.6. The number of aryl methyl sites for hydroxylation is 3. The summed E-state index contributed by atoms with van der Waals surface area (Å²) in [6.45, 7) is 6.61. The summed E-state index contributed by atoms with van der Waals surface area (Å²) in [7, 11) is 0. The lowest BCUT2D eigenvalue weighted by atomic mass is 10.3. The number of carbonyl (C=O) groups is 2. The van der Waals surface area contributed by atoms with Gasteiger partial charge in [-0.05, 0) is 39.0 Å². The molecule has 2 aromatic rings. The van der Waals surface area contributed by atoms with Crippen molar-refractivity contribution in [2.45, 2.75) is 33.7 Å². The molecule has 0 fully saturated rings. The van der Waals surface area contributed by atoms with Crippen LogP contribution in [-0.4, -0.2) is 34.7 Å². The number of furan rings is 1. The molecule has 0 aliphatic carbocycles. The van der Waals surface area contributed by atoms with Crippen LogP contribution in [0.5, 0.6) is 0 Å². The van der Waals surface area contributed by atoms with Crippen LogP contribution >= 0.6 is 0 Å². The number of amides is 2. The molecule has 23 heavy (non-hydrogen) atoms. The summed E-state index contributed by atoms with van der Waals surface area (Å²) in [6.07, 6.45) is 0.620. The minimum Gasteiger partial charge on any atom is -0.466 e. The van der Waals surface area contributed by atoms with E-state index in [0.29, 0.717) is 25.2 Å². The third-order valence-corrected chi connectivity index (χ3v) is 3.33. The highest BCUT2D eigenvalue weighted by molar-refractivity contribution is 5.95. The Morgan fingerprint density at radius 3 is 2.70 bits per heavy atom. The van der Waals surface area contributed by atoms with Gasteiger partial charge in [0.1, 0.15) is 17.2 Å². The molecule has 2 aromatic heterocycles. The Labute approximate surface area is 135 Å². The van der Waals surface area contributed by atoms with Crippen LogP contribution in [0.2, 0.25) is 0 Å². The molecule has 0 saturated carbocycles. The number of nitrogens with zero attached hydrogens (tertiary/aromatic N) is 2. The molecule has 0 atom stereocenters. The number of hydrogen-bond acceptors (Lipinski definition) is 4. The van der Waals surface area contributed by atoms with Gasteiger partial charge in [0, 0.05) is 19.5 Å². The first-order valence-electron chi connectivity index (χ1n) is 7.64. The van der Waals surface area contributed by atoms with Crippen molar-refractivity contribution < 1.29 is 14.0 Å². The van der Waals surface area contributed by atoms with Crippen LogP contribution in [0.1, 0.15) is 34.6 Å². The maximum atomic E-state index is 12.1. The zero-order valence-electron chi connectivity index (χ0n) is 13.7. The Hall–Kier alpha value is -2.57. The second-order valence-corrected chi connectivity index (χ2v) is 5.28. The van der Waals surface area contributed by atoms with Gasteiger partial charge in [0.2, 0.25) is 5.91 Å². The van der Waals surface area contributed by atoms with Gasteiger partial charge >= 0.3 is 0 Å². The average Bonchev–Trinajstić information content (AvgIpc) is 3.10. The first kappa shape index (κ1) is 16.8. The van der Waals surface area contributed by atoms with Crippen LogP contribution in [0.25, 0.3) is 0 Å². The Morgan fingerprint density at radius 1 is 1.26 bits per heavy atom. The summed E-state index contributed by atoms with van der Waals surface area (Å²) in [5, 5.41) is 9.56. The molecule has 124 valence electrons. The largest absolute Gasteiger partial charge is 0.466 e.